The van der Waals surface area contributed by atoms with Gasteiger partial charge in [0.1, 0.15) is 11.6 Å². The Balaban J connectivity index is 2.02. The average molecular weight is 276 g/mol. The fourth-order valence-corrected chi connectivity index (χ4v) is 2.61. The van der Waals surface area contributed by atoms with Gasteiger partial charge >= 0.3 is 0 Å². The molecule has 1 atom stereocenters. The molecule has 104 valence electrons. The normalized spacial score (nSPS) is 12.2. The maximum Gasteiger partial charge on any atom is 0.201 e. The number of imidazole rings is 1. The number of fused-ring (bicyclic) bond motifs is 1. The first-order valence-corrected chi connectivity index (χ1v) is 6.90. The summed E-state index contributed by atoms with van der Waals surface area (Å²) in [5.74, 6) is 0.770. The molecule has 1 aromatic heterocycles. The molecule has 0 aliphatic rings. The van der Waals surface area contributed by atoms with Crippen molar-refractivity contribution in [3.8, 4) is 6.07 Å². The molecular formula is C17H16N4. The van der Waals surface area contributed by atoms with Gasteiger partial charge in [-0.25, -0.2) is 4.98 Å². The predicted molar refractivity (Wildman–Crippen MR) is 83.7 cm³/mol. The summed E-state index contributed by atoms with van der Waals surface area (Å²) in [6, 6.07) is 18.1. The molecule has 0 bridgehead atoms. The molecule has 2 aromatic carbocycles. The number of nitrogens with zero attached hydrogens (tertiary/aromatic N) is 3. The van der Waals surface area contributed by atoms with Gasteiger partial charge in [0, 0.05) is 6.54 Å². The van der Waals surface area contributed by atoms with Crippen LogP contribution in [0, 0.1) is 11.3 Å². The first kappa shape index (κ1) is 13.2. The molecule has 0 aliphatic carbocycles. The van der Waals surface area contributed by atoms with Gasteiger partial charge in [-0.15, -0.1) is 0 Å². The van der Waals surface area contributed by atoms with E-state index in [0.29, 0.717) is 22.9 Å². The third-order valence-corrected chi connectivity index (χ3v) is 3.75. The molecular weight excluding hydrogens is 260 g/mol. The van der Waals surface area contributed by atoms with Crippen molar-refractivity contribution in [1.82, 2.24) is 9.55 Å². The van der Waals surface area contributed by atoms with Crippen molar-refractivity contribution in [2.45, 2.75) is 19.4 Å². The second-order valence-electron chi connectivity index (χ2n) is 5.18. The van der Waals surface area contributed by atoms with Gasteiger partial charge in [-0.1, -0.05) is 43.3 Å². The molecule has 0 amide bonds. The van der Waals surface area contributed by atoms with Crippen molar-refractivity contribution in [2.75, 3.05) is 5.73 Å². The lowest BCUT2D eigenvalue weighted by molar-refractivity contribution is 0.617. The van der Waals surface area contributed by atoms with Crippen LogP contribution in [0.5, 0.6) is 0 Å². The Morgan fingerprint density at radius 1 is 1.19 bits per heavy atom. The number of hydrogen-bond acceptors (Lipinski definition) is 3. The number of hydrogen-bond donors (Lipinski definition) is 1. The number of anilines is 1. The molecule has 0 fully saturated rings. The van der Waals surface area contributed by atoms with Gasteiger partial charge in [0.15, 0.2) is 0 Å². The van der Waals surface area contributed by atoms with E-state index in [2.05, 4.69) is 30.1 Å². The summed E-state index contributed by atoms with van der Waals surface area (Å²) in [5.41, 5.74) is 9.46. The van der Waals surface area contributed by atoms with E-state index in [0.717, 1.165) is 12.1 Å². The average Bonchev–Trinajstić information content (AvgIpc) is 2.84. The molecule has 0 saturated heterocycles. The number of aromatic nitrogens is 2. The summed E-state index contributed by atoms with van der Waals surface area (Å²) < 4.78 is 1.98. The maximum atomic E-state index is 9.16. The van der Waals surface area contributed by atoms with Crippen molar-refractivity contribution in [3.63, 3.8) is 0 Å². The zero-order valence-electron chi connectivity index (χ0n) is 11.8. The highest BCUT2D eigenvalue weighted by Gasteiger charge is 2.14. The van der Waals surface area contributed by atoms with E-state index in [9.17, 15) is 0 Å². The van der Waals surface area contributed by atoms with Crippen LogP contribution in [0.2, 0.25) is 0 Å². The van der Waals surface area contributed by atoms with Gasteiger partial charge in [-0.3, -0.25) is 0 Å². The zero-order chi connectivity index (χ0) is 14.8. The monoisotopic (exact) mass is 276 g/mol. The Labute approximate surface area is 123 Å². The summed E-state index contributed by atoms with van der Waals surface area (Å²) in [5, 5.41) is 9.16. The molecule has 0 radical (unpaired) electrons. The molecule has 21 heavy (non-hydrogen) atoms. The summed E-state index contributed by atoms with van der Waals surface area (Å²) >= 11 is 0. The van der Waals surface area contributed by atoms with E-state index in [-0.39, 0.29) is 0 Å². The van der Waals surface area contributed by atoms with Crippen LogP contribution in [-0.4, -0.2) is 9.55 Å². The van der Waals surface area contributed by atoms with Crippen LogP contribution in [0.1, 0.15) is 24.0 Å². The van der Waals surface area contributed by atoms with E-state index >= 15 is 0 Å². The van der Waals surface area contributed by atoms with Crippen molar-refractivity contribution in [1.29, 1.82) is 5.26 Å². The van der Waals surface area contributed by atoms with Crippen molar-refractivity contribution in [3.05, 3.63) is 59.7 Å². The lowest BCUT2D eigenvalue weighted by Crippen LogP contribution is -2.09. The number of nitrogens with two attached hydrogens (primary N) is 1. The molecule has 0 spiro atoms. The Kier molecular flexibility index (Phi) is 3.33. The fraction of sp³-hybridized carbons (Fsp3) is 0.176. The standard InChI is InChI=1S/C17H16N4/c1-12(13-6-3-2-4-7-13)11-21-15-9-5-8-14(10-18)16(15)20-17(21)19/h2-9,12H,11H2,1H3,(H2,19,20). The van der Waals surface area contributed by atoms with Gasteiger partial charge < -0.3 is 10.3 Å². The maximum absolute atomic E-state index is 9.16. The van der Waals surface area contributed by atoms with Crippen LogP contribution in [0.15, 0.2) is 48.5 Å². The van der Waals surface area contributed by atoms with Crippen LogP contribution >= 0.6 is 0 Å². The second-order valence-corrected chi connectivity index (χ2v) is 5.18. The van der Waals surface area contributed by atoms with Crippen LogP contribution in [-0.2, 0) is 6.54 Å². The van der Waals surface area contributed by atoms with Gasteiger partial charge in [-0.2, -0.15) is 5.26 Å². The van der Waals surface area contributed by atoms with Crippen molar-refractivity contribution < 1.29 is 0 Å². The highest BCUT2D eigenvalue weighted by Crippen LogP contribution is 2.25. The molecule has 4 heteroatoms. The predicted octanol–water partition coefficient (Wildman–Crippen LogP) is 3.29. The smallest absolute Gasteiger partial charge is 0.201 e. The molecule has 3 rings (SSSR count). The Bertz CT molecular complexity index is 812. The molecule has 3 aromatic rings. The van der Waals surface area contributed by atoms with Gasteiger partial charge in [0.25, 0.3) is 0 Å². The third-order valence-electron chi connectivity index (χ3n) is 3.75. The highest BCUT2D eigenvalue weighted by atomic mass is 15.2. The summed E-state index contributed by atoms with van der Waals surface area (Å²) in [4.78, 5) is 4.35. The van der Waals surface area contributed by atoms with Crippen LogP contribution in [0.4, 0.5) is 5.95 Å². The lowest BCUT2D eigenvalue weighted by Gasteiger charge is -2.14. The number of nitrogen functional groups attached to an aromatic ring is 1. The van der Waals surface area contributed by atoms with Gasteiger partial charge in [-0.05, 0) is 23.6 Å². The quantitative estimate of drug-likeness (QED) is 0.798. The zero-order valence-corrected chi connectivity index (χ0v) is 11.8. The molecule has 0 aliphatic heterocycles. The largest absolute Gasteiger partial charge is 0.369 e. The first-order valence-electron chi connectivity index (χ1n) is 6.90. The van der Waals surface area contributed by atoms with E-state index in [1.165, 1.54) is 5.56 Å². The molecule has 2 N–H and O–H groups in total. The number of benzene rings is 2. The van der Waals surface area contributed by atoms with Gasteiger partial charge in [0.2, 0.25) is 5.95 Å². The van der Waals surface area contributed by atoms with E-state index in [4.69, 9.17) is 11.0 Å². The third kappa shape index (κ3) is 2.34. The van der Waals surface area contributed by atoms with E-state index in [1.54, 1.807) is 6.07 Å². The number of rotatable bonds is 3. The van der Waals surface area contributed by atoms with Gasteiger partial charge in [0.05, 0.1) is 11.1 Å². The Morgan fingerprint density at radius 3 is 2.67 bits per heavy atom. The number of para-hydroxylation sites is 1. The fourth-order valence-electron chi connectivity index (χ4n) is 2.61. The molecule has 4 nitrogen and oxygen atoms in total. The minimum atomic E-state index is 0.316. The lowest BCUT2D eigenvalue weighted by atomic mass is 10.0. The van der Waals surface area contributed by atoms with E-state index < -0.39 is 0 Å². The Morgan fingerprint density at radius 2 is 1.95 bits per heavy atom. The topological polar surface area (TPSA) is 67.6 Å². The molecule has 1 unspecified atom stereocenters. The van der Waals surface area contributed by atoms with E-state index in [1.807, 2.05) is 34.9 Å². The summed E-state index contributed by atoms with van der Waals surface area (Å²) in [6.07, 6.45) is 0. The summed E-state index contributed by atoms with van der Waals surface area (Å²) in [6.45, 7) is 2.90. The first-order chi connectivity index (χ1) is 10.2. The minimum absolute atomic E-state index is 0.316. The molecule has 1 heterocycles. The SMILES string of the molecule is CC(Cn1c(N)nc2c(C#N)cccc21)c1ccccc1. The van der Waals surface area contributed by atoms with Crippen LogP contribution < -0.4 is 5.73 Å². The minimum Gasteiger partial charge on any atom is -0.369 e. The second kappa shape index (κ2) is 5.29. The van der Waals surface area contributed by atoms with Crippen LogP contribution in [0.25, 0.3) is 11.0 Å². The summed E-state index contributed by atoms with van der Waals surface area (Å²) in [7, 11) is 0. The highest BCUT2D eigenvalue weighted by molar-refractivity contribution is 5.84. The van der Waals surface area contributed by atoms with Crippen molar-refractivity contribution >= 4 is 17.0 Å². The Hall–Kier alpha value is -2.80. The number of nitriles is 1. The van der Waals surface area contributed by atoms with Crippen molar-refractivity contribution in [2.24, 2.45) is 0 Å². The molecule has 0 saturated carbocycles. The van der Waals surface area contributed by atoms with Crippen LogP contribution in [0.3, 0.4) is 0 Å².